The molecule has 1 aliphatic heterocycles. The van der Waals surface area contributed by atoms with Gasteiger partial charge in [0.1, 0.15) is 5.75 Å². The lowest BCUT2D eigenvalue weighted by Crippen LogP contribution is -2.52. The molecule has 0 atom stereocenters. The second-order valence-corrected chi connectivity index (χ2v) is 6.48. The second kappa shape index (κ2) is 10.3. The number of ether oxygens (including phenoxy) is 1. The summed E-state index contributed by atoms with van der Waals surface area (Å²) in [6.45, 7) is 6.46. The maximum absolute atomic E-state index is 12.2. The zero-order chi connectivity index (χ0) is 19.7. The fourth-order valence-electron chi connectivity index (χ4n) is 3.03. The molecule has 0 radical (unpaired) electrons. The van der Waals surface area contributed by atoms with E-state index in [0.717, 1.165) is 50.1 Å². The van der Waals surface area contributed by atoms with Gasteiger partial charge in [-0.25, -0.2) is 0 Å². The third-order valence-electron chi connectivity index (χ3n) is 4.46. The Hall–Kier alpha value is -2.12. The van der Waals surface area contributed by atoms with Crippen molar-refractivity contribution in [3.05, 3.63) is 24.3 Å². The highest BCUT2D eigenvalue weighted by Crippen LogP contribution is 2.23. The van der Waals surface area contributed by atoms with Gasteiger partial charge in [-0.15, -0.1) is 0 Å². The number of hydrogen-bond acceptors (Lipinski definition) is 3. The lowest BCUT2D eigenvalue weighted by Gasteiger charge is -2.37. The number of halogens is 3. The first-order valence-electron chi connectivity index (χ1n) is 9.42. The molecule has 1 aromatic rings. The predicted octanol–water partition coefficient (Wildman–Crippen LogP) is 3.52. The molecule has 8 heteroatoms. The van der Waals surface area contributed by atoms with Crippen LogP contribution in [0.15, 0.2) is 29.3 Å². The maximum atomic E-state index is 12.2. The van der Waals surface area contributed by atoms with E-state index in [0.29, 0.717) is 13.0 Å². The van der Waals surface area contributed by atoms with Gasteiger partial charge in [-0.2, -0.15) is 13.2 Å². The van der Waals surface area contributed by atoms with E-state index in [4.69, 9.17) is 4.74 Å². The quantitative estimate of drug-likeness (QED) is 0.442. The van der Waals surface area contributed by atoms with E-state index in [9.17, 15) is 13.2 Å². The smallest absolute Gasteiger partial charge is 0.389 e. The first-order chi connectivity index (χ1) is 12.9. The van der Waals surface area contributed by atoms with Crippen molar-refractivity contribution in [2.24, 2.45) is 4.99 Å². The number of anilines is 1. The highest BCUT2D eigenvalue weighted by molar-refractivity contribution is 5.80. The summed E-state index contributed by atoms with van der Waals surface area (Å²) in [6.07, 6.45) is -4.25. The Kier molecular flexibility index (Phi) is 8.06. The van der Waals surface area contributed by atoms with Crippen LogP contribution in [0.4, 0.5) is 18.9 Å². The molecule has 2 rings (SSSR count). The number of alkyl halides is 3. The van der Waals surface area contributed by atoms with Crippen molar-refractivity contribution in [1.29, 1.82) is 0 Å². The van der Waals surface area contributed by atoms with Gasteiger partial charge in [0.25, 0.3) is 0 Å². The lowest BCUT2D eigenvalue weighted by molar-refractivity contribution is -0.135. The largest absolute Gasteiger partial charge is 0.497 e. The number of benzene rings is 1. The van der Waals surface area contributed by atoms with E-state index in [2.05, 4.69) is 26.2 Å². The number of piperazine rings is 1. The Morgan fingerprint density at radius 2 is 1.93 bits per heavy atom. The summed E-state index contributed by atoms with van der Waals surface area (Å²) in [4.78, 5) is 8.98. The third kappa shape index (κ3) is 7.19. The van der Waals surface area contributed by atoms with Crippen LogP contribution in [-0.2, 0) is 0 Å². The summed E-state index contributed by atoms with van der Waals surface area (Å²) in [5, 5.41) is 3.25. The molecule has 1 saturated heterocycles. The van der Waals surface area contributed by atoms with E-state index in [1.54, 1.807) is 7.11 Å². The summed E-state index contributed by atoms with van der Waals surface area (Å²) in [5.74, 6) is 1.62. The molecule has 0 aromatic heterocycles. The van der Waals surface area contributed by atoms with Crippen molar-refractivity contribution in [2.75, 3.05) is 51.3 Å². The minimum atomic E-state index is -4.08. The zero-order valence-electron chi connectivity index (χ0n) is 16.1. The van der Waals surface area contributed by atoms with E-state index < -0.39 is 12.6 Å². The molecule has 1 heterocycles. The Morgan fingerprint density at radius 3 is 2.56 bits per heavy atom. The molecule has 0 bridgehead atoms. The first-order valence-corrected chi connectivity index (χ1v) is 9.42. The number of rotatable bonds is 7. The topological polar surface area (TPSA) is 40.1 Å². The number of methoxy groups -OCH3 is 1. The molecule has 1 N–H and O–H groups in total. The van der Waals surface area contributed by atoms with Crippen LogP contribution in [0.5, 0.6) is 5.75 Å². The first kappa shape index (κ1) is 21.2. The van der Waals surface area contributed by atoms with Crippen molar-refractivity contribution in [2.45, 2.75) is 32.4 Å². The van der Waals surface area contributed by atoms with Gasteiger partial charge in [-0.3, -0.25) is 4.99 Å². The van der Waals surface area contributed by atoms with Crippen molar-refractivity contribution in [3.63, 3.8) is 0 Å². The Labute approximate surface area is 159 Å². The van der Waals surface area contributed by atoms with Crippen molar-refractivity contribution < 1.29 is 17.9 Å². The summed E-state index contributed by atoms with van der Waals surface area (Å²) < 4.78 is 41.9. The van der Waals surface area contributed by atoms with Crippen molar-refractivity contribution in [3.8, 4) is 5.75 Å². The number of guanidine groups is 1. The molecule has 0 spiro atoms. The molecule has 5 nitrogen and oxygen atoms in total. The molecular weight excluding hydrogens is 357 g/mol. The molecule has 27 heavy (non-hydrogen) atoms. The van der Waals surface area contributed by atoms with Gasteiger partial charge in [0, 0.05) is 57.4 Å². The van der Waals surface area contributed by atoms with Crippen LogP contribution >= 0.6 is 0 Å². The van der Waals surface area contributed by atoms with Gasteiger partial charge in [0.2, 0.25) is 0 Å². The standard InChI is InChI=1S/C19H29F3N4O/c1-3-23-18(24-10-5-4-9-19(20,21)22)26-13-11-25(12-14-26)16-7-6-8-17(15-16)27-2/h6-8,15H,3-5,9-14H2,1-2H3,(H,23,24). The molecule has 0 aliphatic carbocycles. The van der Waals surface area contributed by atoms with Crippen LogP contribution in [0, 0.1) is 0 Å². The summed E-state index contributed by atoms with van der Waals surface area (Å²) in [7, 11) is 1.66. The minimum absolute atomic E-state index is 0.121. The summed E-state index contributed by atoms with van der Waals surface area (Å²) >= 11 is 0. The number of aliphatic imine (C=N–C) groups is 1. The highest BCUT2D eigenvalue weighted by atomic mass is 19.4. The third-order valence-corrected chi connectivity index (χ3v) is 4.46. The molecule has 152 valence electrons. The van der Waals surface area contributed by atoms with Crippen molar-refractivity contribution >= 4 is 11.6 Å². The average Bonchev–Trinajstić information content (AvgIpc) is 2.66. The summed E-state index contributed by atoms with van der Waals surface area (Å²) in [6, 6.07) is 8.00. The normalized spacial score (nSPS) is 15.8. The van der Waals surface area contributed by atoms with E-state index in [1.807, 2.05) is 25.1 Å². The Bertz CT molecular complexity index is 599. The Balaban J connectivity index is 1.85. The van der Waals surface area contributed by atoms with Gasteiger partial charge < -0.3 is 19.9 Å². The van der Waals surface area contributed by atoms with E-state index in [1.165, 1.54) is 0 Å². The van der Waals surface area contributed by atoms with E-state index >= 15 is 0 Å². The van der Waals surface area contributed by atoms with Crippen LogP contribution in [-0.4, -0.2) is 63.4 Å². The van der Waals surface area contributed by atoms with Gasteiger partial charge in [0.05, 0.1) is 7.11 Å². The van der Waals surface area contributed by atoms with Gasteiger partial charge >= 0.3 is 6.18 Å². The molecule has 1 aliphatic rings. The Morgan fingerprint density at radius 1 is 1.19 bits per heavy atom. The van der Waals surface area contributed by atoms with Crippen LogP contribution in [0.2, 0.25) is 0 Å². The van der Waals surface area contributed by atoms with Gasteiger partial charge in [-0.1, -0.05) is 6.07 Å². The fourth-order valence-corrected chi connectivity index (χ4v) is 3.03. The lowest BCUT2D eigenvalue weighted by atomic mass is 10.2. The van der Waals surface area contributed by atoms with E-state index in [-0.39, 0.29) is 6.42 Å². The number of hydrogen-bond donors (Lipinski definition) is 1. The zero-order valence-corrected chi connectivity index (χ0v) is 16.1. The molecule has 0 amide bonds. The highest BCUT2D eigenvalue weighted by Gasteiger charge is 2.26. The molecule has 0 unspecified atom stereocenters. The molecule has 1 fully saturated rings. The molecule has 1 aromatic carbocycles. The minimum Gasteiger partial charge on any atom is -0.497 e. The molecular formula is C19H29F3N4O. The van der Waals surface area contributed by atoms with Gasteiger partial charge in [-0.05, 0) is 31.9 Å². The van der Waals surface area contributed by atoms with Crippen LogP contribution in [0.1, 0.15) is 26.2 Å². The number of unbranched alkanes of at least 4 members (excludes halogenated alkanes) is 1. The van der Waals surface area contributed by atoms with Crippen LogP contribution in [0.25, 0.3) is 0 Å². The van der Waals surface area contributed by atoms with Crippen molar-refractivity contribution in [1.82, 2.24) is 10.2 Å². The van der Waals surface area contributed by atoms with Crippen LogP contribution in [0.3, 0.4) is 0 Å². The number of nitrogens with one attached hydrogen (secondary N) is 1. The van der Waals surface area contributed by atoms with Gasteiger partial charge in [0.15, 0.2) is 5.96 Å². The fraction of sp³-hybridized carbons (Fsp3) is 0.632. The number of nitrogens with zero attached hydrogens (tertiary/aromatic N) is 3. The van der Waals surface area contributed by atoms with Crippen LogP contribution < -0.4 is 15.0 Å². The maximum Gasteiger partial charge on any atom is 0.389 e. The monoisotopic (exact) mass is 386 g/mol. The molecule has 0 saturated carbocycles. The average molecular weight is 386 g/mol. The SMILES string of the molecule is CCNC(=NCCCCC(F)(F)F)N1CCN(c2cccc(OC)c2)CC1. The summed E-state index contributed by atoms with van der Waals surface area (Å²) in [5.41, 5.74) is 1.13. The second-order valence-electron chi connectivity index (χ2n) is 6.48. The predicted molar refractivity (Wildman–Crippen MR) is 103 cm³/mol.